The second-order valence-corrected chi connectivity index (χ2v) is 5.62. The van der Waals surface area contributed by atoms with Gasteiger partial charge in [0.1, 0.15) is 0 Å². The first-order chi connectivity index (χ1) is 9.58. The molecule has 1 aromatic rings. The van der Waals surface area contributed by atoms with Crippen LogP contribution in [0.5, 0.6) is 0 Å². The summed E-state index contributed by atoms with van der Waals surface area (Å²) in [6, 6.07) is 2.65. The maximum Gasteiger partial charge on any atom is 0.255 e. The first-order valence-electron chi connectivity index (χ1n) is 6.76. The molecule has 0 bridgehead atoms. The fraction of sp³-hybridized carbons (Fsp3) is 0.500. The third-order valence-corrected chi connectivity index (χ3v) is 4.28. The monoisotopic (exact) mass is 277 g/mol. The number of likely N-dealkylation sites (tertiary alicyclic amines) is 1. The van der Waals surface area contributed by atoms with Crippen LogP contribution >= 0.6 is 0 Å². The Hall–Kier alpha value is -1.98. The average Bonchev–Trinajstić information content (AvgIpc) is 2.81. The van der Waals surface area contributed by atoms with E-state index in [1.165, 1.54) is 18.3 Å². The van der Waals surface area contributed by atoms with Gasteiger partial charge in [-0.3, -0.25) is 9.59 Å². The summed E-state index contributed by atoms with van der Waals surface area (Å²) in [5.74, 6) is -0.605. The van der Waals surface area contributed by atoms with Crippen molar-refractivity contribution in [2.75, 3.05) is 19.6 Å². The van der Waals surface area contributed by atoms with Gasteiger partial charge in [-0.05, 0) is 30.4 Å². The second kappa shape index (κ2) is 4.85. The molecule has 1 N–H and O–H groups in total. The van der Waals surface area contributed by atoms with E-state index in [0.717, 1.165) is 12.8 Å². The fourth-order valence-corrected chi connectivity index (χ4v) is 2.97. The summed E-state index contributed by atoms with van der Waals surface area (Å²) >= 11 is 0. The third-order valence-electron chi connectivity index (χ3n) is 4.28. The number of rotatable bonds is 1. The van der Waals surface area contributed by atoms with Gasteiger partial charge >= 0.3 is 0 Å². The first-order valence-corrected chi connectivity index (χ1v) is 6.76. The Morgan fingerprint density at radius 2 is 2.10 bits per heavy atom. The predicted molar refractivity (Wildman–Crippen MR) is 69.4 cm³/mol. The first kappa shape index (κ1) is 13.0. The summed E-state index contributed by atoms with van der Waals surface area (Å²) in [6.45, 7) is 1.97. The molecular formula is C14H16FN3O2. The van der Waals surface area contributed by atoms with Crippen molar-refractivity contribution in [3.05, 3.63) is 29.8 Å². The van der Waals surface area contributed by atoms with Gasteiger partial charge in [-0.15, -0.1) is 0 Å². The molecule has 0 aromatic carbocycles. The molecule has 1 spiro atoms. The number of nitrogens with zero attached hydrogens (tertiary/aromatic N) is 2. The lowest BCUT2D eigenvalue weighted by Gasteiger charge is -2.38. The zero-order chi connectivity index (χ0) is 14.2. The molecule has 20 heavy (non-hydrogen) atoms. The Morgan fingerprint density at radius 1 is 1.35 bits per heavy atom. The molecule has 2 aliphatic rings. The van der Waals surface area contributed by atoms with E-state index in [2.05, 4.69) is 10.3 Å². The highest BCUT2D eigenvalue weighted by molar-refractivity contribution is 5.94. The summed E-state index contributed by atoms with van der Waals surface area (Å²) in [4.78, 5) is 28.9. The minimum Gasteiger partial charge on any atom is -0.356 e. The molecule has 2 aliphatic heterocycles. The number of hydrogen-bond acceptors (Lipinski definition) is 3. The van der Waals surface area contributed by atoms with Gasteiger partial charge in [-0.2, -0.15) is 4.39 Å². The molecule has 2 amide bonds. The Labute approximate surface area is 116 Å². The Balaban J connectivity index is 1.64. The summed E-state index contributed by atoms with van der Waals surface area (Å²) in [7, 11) is 0. The number of amides is 2. The molecule has 6 heteroatoms. The van der Waals surface area contributed by atoms with Crippen LogP contribution in [0, 0.1) is 11.4 Å². The largest absolute Gasteiger partial charge is 0.356 e. The van der Waals surface area contributed by atoms with Crippen molar-refractivity contribution >= 4 is 11.8 Å². The van der Waals surface area contributed by atoms with Crippen molar-refractivity contribution < 1.29 is 14.0 Å². The number of piperidine rings is 1. The van der Waals surface area contributed by atoms with Crippen LogP contribution in [0.15, 0.2) is 18.3 Å². The summed E-state index contributed by atoms with van der Waals surface area (Å²) < 4.78 is 12.8. The zero-order valence-electron chi connectivity index (χ0n) is 11.1. The van der Waals surface area contributed by atoms with Gasteiger partial charge in [0.05, 0.1) is 5.56 Å². The van der Waals surface area contributed by atoms with Crippen molar-refractivity contribution in [2.24, 2.45) is 5.41 Å². The van der Waals surface area contributed by atoms with Crippen molar-refractivity contribution in [1.29, 1.82) is 0 Å². The SMILES string of the molecule is O=C1CC2(CCN(C(=O)c3ccc(F)nc3)CC2)CN1. The highest BCUT2D eigenvalue weighted by Gasteiger charge is 2.41. The van der Waals surface area contributed by atoms with Crippen molar-refractivity contribution in [3.8, 4) is 0 Å². The topological polar surface area (TPSA) is 62.3 Å². The van der Waals surface area contributed by atoms with Crippen LogP contribution in [0.4, 0.5) is 4.39 Å². The molecule has 0 radical (unpaired) electrons. The lowest BCUT2D eigenvalue weighted by Crippen LogP contribution is -2.44. The second-order valence-electron chi connectivity index (χ2n) is 5.62. The maximum absolute atomic E-state index is 12.8. The van der Waals surface area contributed by atoms with Gasteiger partial charge in [0.15, 0.2) is 0 Å². The van der Waals surface area contributed by atoms with E-state index >= 15 is 0 Å². The van der Waals surface area contributed by atoms with Crippen LogP contribution in [0.3, 0.4) is 0 Å². The molecule has 1 aromatic heterocycles. The number of carbonyl (C=O) groups is 2. The zero-order valence-corrected chi connectivity index (χ0v) is 11.1. The summed E-state index contributed by atoms with van der Waals surface area (Å²) in [6.07, 6.45) is 3.48. The number of pyridine rings is 1. The van der Waals surface area contributed by atoms with Gasteiger partial charge in [0.2, 0.25) is 11.9 Å². The smallest absolute Gasteiger partial charge is 0.255 e. The molecule has 0 unspecified atom stereocenters. The minimum absolute atomic E-state index is 0.0227. The van der Waals surface area contributed by atoms with Crippen LogP contribution in [-0.4, -0.2) is 41.3 Å². The fourth-order valence-electron chi connectivity index (χ4n) is 2.97. The van der Waals surface area contributed by atoms with E-state index < -0.39 is 5.95 Å². The van der Waals surface area contributed by atoms with Gasteiger partial charge in [0.25, 0.3) is 5.91 Å². The van der Waals surface area contributed by atoms with E-state index in [-0.39, 0.29) is 17.2 Å². The molecule has 5 nitrogen and oxygen atoms in total. The van der Waals surface area contributed by atoms with Crippen LogP contribution in [-0.2, 0) is 4.79 Å². The van der Waals surface area contributed by atoms with E-state index in [4.69, 9.17) is 0 Å². The normalized spacial score (nSPS) is 21.1. The predicted octanol–water partition coefficient (Wildman–Crippen LogP) is 0.963. The van der Waals surface area contributed by atoms with Crippen molar-refractivity contribution in [2.45, 2.75) is 19.3 Å². The third kappa shape index (κ3) is 2.37. The standard InChI is InChI=1S/C14H16FN3O2/c15-11-2-1-10(8-16-11)13(20)18-5-3-14(4-6-18)7-12(19)17-9-14/h1-2,8H,3-7,9H2,(H,17,19). The number of nitrogens with one attached hydrogen (secondary N) is 1. The van der Waals surface area contributed by atoms with Crippen LogP contribution < -0.4 is 5.32 Å². The lowest BCUT2D eigenvalue weighted by atomic mass is 9.77. The van der Waals surface area contributed by atoms with Gasteiger partial charge in [0, 0.05) is 32.3 Å². The Bertz CT molecular complexity index is 536. The van der Waals surface area contributed by atoms with E-state index in [1.54, 1.807) is 4.90 Å². The molecule has 0 aliphatic carbocycles. The van der Waals surface area contributed by atoms with E-state index in [9.17, 15) is 14.0 Å². The average molecular weight is 277 g/mol. The lowest BCUT2D eigenvalue weighted by molar-refractivity contribution is -0.119. The molecule has 0 atom stereocenters. The van der Waals surface area contributed by atoms with Gasteiger partial charge in [-0.25, -0.2) is 4.98 Å². The highest BCUT2D eigenvalue weighted by atomic mass is 19.1. The molecule has 2 fully saturated rings. The van der Waals surface area contributed by atoms with Gasteiger partial charge < -0.3 is 10.2 Å². The Morgan fingerprint density at radius 3 is 2.65 bits per heavy atom. The maximum atomic E-state index is 12.8. The van der Waals surface area contributed by atoms with Crippen molar-refractivity contribution in [1.82, 2.24) is 15.2 Å². The number of hydrogen-bond donors (Lipinski definition) is 1. The van der Waals surface area contributed by atoms with Crippen LogP contribution in [0.1, 0.15) is 29.6 Å². The number of aromatic nitrogens is 1. The van der Waals surface area contributed by atoms with Crippen LogP contribution in [0.2, 0.25) is 0 Å². The summed E-state index contributed by atoms with van der Waals surface area (Å²) in [5.41, 5.74) is 0.428. The molecular weight excluding hydrogens is 261 g/mol. The number of halogens is 1. The van der Waals surface area contributed by atoms with E-state index in [0.29, 0.717) is 31.6 Å². The molecule has 106 valence electrons. The Kier molecular flexibility index (Phi) is 3.16. The quantitative estimate of drug-likeness (QED) is 0.778. The molecule has 3 heterocycles. The van der Waals surface area contributed by atoms with E-state index in [1.807, 2.05) is 0 Å². The van der Waals surface area contributed by atoms with Gasteiger partial charge in [-0.1, -0.05) is 0 Å². The molecule has 0 saturated carbocycles. The summed E-state index contributed by atoms with van der Waals surface area (Å²) in [5, 5.41) is 2.87. The number of carbonyl (C=O) groups excluding carboxylic acids is 2. The molecule has 3 rings (SSSR count). The van der Waals surface area contributed by atoms with Crippen molar-refractivity contribution in [3.63, 3.8) is 0 Å². The van der Waals surface area contributed by atoms with Crippen LogP contribution in [0.25, 0.3) is 0 Å². The highest BCUT2D eigenvalue weighted by Crippen LogP contribution is 2.37. The molecule has 2 saturated heterocycles. The minimum atomic E-state index is -0.588.